The van der Waals surface area contributed by atoms with Gasteiger partial charge in [0.2, 0.25) is 11.8 Å². The van der Waals surface area contributed by atoms with Gasteiger partial charge in [0.05, 0.1) is 6.54 Å². The fourth-order valence-corrected chi connectivity index (χ4v) is 3.30. The van der Waals surface area contributed by atoms with Crippen LogP contribution in [0.15, 0.2) is 24.3 Å². The van der Waals surface area contributed by atoms with Gasteiger partial charge in [0.25, 0.3) is 0 Å². The fraction of sp³-hybridized carbons (Fsp3) is 0.591. The molecule has 1 saturated heterocycles. The van der Waals surface area contributed by atoms with Gasteiger partial charge in [-0.05, 0) is 31.4 Å². The average molecular weight is 418 g/mol. The molecule has 3 N–H and O–H groups in total. The monoisotopic (exact) mass is 417 g/mol. The lowest BCUT2D eigenvalue weighted by atomic mass is 10.1. The summed E-state index contributed by atoms with van der Waals surface area (Å²) in [5.41, 5.74) is 1.98. The first-order chi connectivity index (χ1) is 14.4. The lowest BCUT2D eigenvalue weighted by Gasteiger charge is -2.34. The molecule has 2 rings (SSSR count). The molecule has 1 unspecified atom stereocenters. The first-order valence-corrected chi connectivity index (χ1v) is 10.8. The van der Waals surface area contributed by atoms with E-state index in [2.05, 4.69) is 22.9 Å². The van der Waals surface area contributed by atoms with Gasteiger partial charge in [-0.2, -0.15) is 0 Å². The molecule has 0 aliphatic carbocycles. The van der Waals surface area contributed by atoms with Crippen LogP contribution in [0.4, 0.5) is 10.5 Å². The minimum absolute atomic E-state index is 0.0406. The predicted octanol–water partition coefficient (Wildman–Crippen LogP) is 1.82. The molecule has 1 aliphatic heterocycles. The minimum Gasteiger partial charge on any atom is -0.354 e. The van der Waals surface area contributed by atoms with E-state index >= 15 is 0 Å². The third kappa shape index (κ3) is 7.67. The molecule has 0 bridgehead atoms. The third-order valence-corrected chi connectivity index (χ3v) is 5.35. The van der Waals surface area contributed by atoms with Crippen molar-refractivity contribution in [1.82, 2.24) is 20.4 Å². The Kier molecular flexibility index (Phi) is 9.60. The zero-order valence-electron chi connectivity index (χ0n) is 18.4. The van der Waals surface area contributed by atoms with Crippen molar-refractivity contribution in [2.45, 2.75) is 46.1 Å². The first-order valence-electron chi connectivity index (χ1n) is 10.8. The predicted molar refractivity (Wildman–Crippen MR) is 118 cm³/mol. The van der Waals surface area contributed by atoms with E-state index in [1.54, 1.807) is 4.90 Å². The number of para-hydroxylation sites is 1. The van der Waals surface area contributed by atoms with Gasteiger partial charge in [-0.3, -0.25) is 14.5 Å². The average Bonchev–Trinajstić information content (AvgIpc) is 2.74. The van der Waals surface area contributed by atoms with Gasteiger partial charge in [-0.15, -0.1) is 0 Å². The number of carbonyl (C=O) groups is 3. The van der Waals surface area contributed by atoms with Gasteiger partial charge >= 0.3 is 6.03 Å². The summed E-state index contributed by atoms with van der Waals surface area (Å²) in [5, 5.41) is 8.67. The quantitative estimate of drug-likeness (QED) is 0.571. The Morgan fingerprint density at radius 3 is 2.40 bits per heavy atom. The number of rotatable bonds is 9. The van der Waals surface area contributed by atoms with Crippen LogP contribution in [-0.4, -0.2) is 73.0 Å². The molecule has 0 spiro atoms. The van der Waals surface area contributed by atoms with Crippen molar-refractivity contribution in [2.24, 2.45) is 0 Å². The molecule has 166 valence electrons. The van der Waals surface area contributed by atoms with Crippen LogP contribution in [0.3, 0.4) is 0 Å². The highest BCUT2D eigenvalue weighted by atomic mass is 16.2. The number of hydrogen-bond acceptors (Lipinski definition) is 4. The van der Waals surface area contributed by atoms with Crippen LogP contribution >= 0.6 is 0 Å². The Bertz CT molecular complexity index is 716. The van der Waals surface area contributed by atoms with Crippen molar-refractivity contribution >= 4 is 23.5 Å². The van der Waals surface area contributed by atoms with Crippen LogP contribution in [0.2, 0.25) is 0 Å². The number of benzene rings is 1. The fourth-order valence-electron chi connectivity index (χ4n) is 3.30. The van der Waals surface area contributed by atoms with Crippen LogP contribution in [-0.2, 0) is 16.0 Å². The molecule has 0 radical (unpaired) electrons. The maximum atomic E-state index is 12.4. The van der Waals surface area contributed by atoms with Gasteiger partial charge in [0.1, 0.15) is 0 Å². The van der Waals surface area contributed by atoms with E-state index in [0.29, 0.717) is 39.3 Å². The summed E-state index contributed by atoms with van der Waals surface area (Å²) in [4.78, 5) is 40.2. The van der Waals surface area contributed by atoms with Gasteiger partial charge in [0, 0.05) is 50.9 Å². The molecular formula is C22H35N5O3. The van der Waals surface area contributed by atoms with Gasteiger partial charge in [-0.1, -0.05) is 32.0 Å². The second-order valence-corrected chi connectivity index (χ2v) is 7.68. The number of nitrogens with one attached hydrogen (secondary N) is 3. The number of carbonyl (C=O) groups excluding carboxylic acids is 3. The van der Waals surface area contributed by atoms with Crippen molar-refractivity contribution < 1.29 is 14.4 Å². The minimum atomic E-state index is -0.160. The van der Waals surface area contributed by atoms with E-state index in [9.17, 15) is 14.4 Å². The normalized spacial score (nSPS) is 15.4. The lowest BCUT2D eigenvalue weighted by Crippen LogP contribution is -2.53. The molecule has 30 heavy (non-hydrogen) atoms. The molecule has 8 nitrogen and oxygen atoms in total. The summed E-state index contributed by atoms with van der Waals surface area (Å²) < 4.78 is 0. The highest BCUT2D eigenvalue weighted by molar-refractivity contribution is 5.93. The smallest absolute Gasteiger partial charge is 0.317 e. The van der Waals surface area contributed by atoms with E-state index in [0.717, 1.165) is 24.1 Å². The summed E-state index contributed by atoms with van der Waals surface area (Å²) >= 11 is 0. The second kappa shape index (κ2) is 12.2. The molecule has 1 atom stereocenters. The summed E-state index contributed by atoms with van der Waals surface area (Å²) in [5.74, 6) is -0.0914. The zero-order valence-corrected chi connectivity index (χ0v) is 18.4. The summed E-state index contributed by atoms with van der Waals surface area (Å²) in [6, 6.07) is 7.81. The maximum Gasteiger partial charge on any atom is 0.317 e. The highest BCUT2D eigenvalue weighted by Crippen LogP contribution is 2.15. The number of nitrogens with zero attached hydrogens (tertiary/aromatic N) is 2. The lowest BCUT2D eigenvalue weighted by molar-refractivity contribution is -0.121. The first kappa shape index (κ1) is 23.7. The largest absolute Gasteiger partial charge is 0.354 e. The topological polar surface area (TPSA) is 93.8 Å². The number of anilines is 1. The molecule has 1 aliphatic rings. The maximum absolute atomic E-state index is 12.4. The van der Waals surface area contributed by atoms with E-state index in [1.807, 2.05) is 43.0 Å². The molecule has 1 fully saturated rings. The Hall–Kier alpha value is -2.61. The van der Waals surface area contributed by atoms with E-state index in [1.165, 1.54) is 0 Å². The molecule has 0 saturated carbocycles. The molecule has 1 heterocycles. The van der Waals surface area contributed by atoms with Crippen molar-refractivity contribution in [3.63, 3.8) is 0 Å². The highest BCUT2D eigenvalue weighted by Gasteiger charge is 2.22. The summed E-state index contributed by atoms with van der Waals surface area (Å²) in [7, 11) is 0. The van der Waals surface area contributed by atoms with Crippen LogP contribution < -0.4 is 16.0 Å². The summed E-state index contributed by atoms with van der Waals surface area (Å²) in [6.07, 6.45) is 2.02. The van der Waals surface area contributed by atoms with Crippen molar-refractivity contribution in [1.29, 1.82) is 0 Å². The van der Waals surface area contributed by atoms with Crippen LogP contribution in [0, 0.1) is 0 Å². The van der Waals surface area contributed by atoms with Crippen molar-refractivity contribution in [3.05, 3.63) is 29.8 Å². The zero-order chi connectivity index (χ0) is 21.9. The Morgan fingerprint density at radius 2 is 1.73 bits per heavy atom. The van der Waals surface area contributed by atoms with Gasteiger partial charge in [-0.25, -0.2) is 4.79 Å². The van der Waals surface area contributed by atoms with Crippen molar-refractivity contribution in [2.75, 3.05) is 44.6 Å². The number of amides is 4. The number of urea groups is 1. The third-order valence-electron chi connectivity index (χ3n) is 5.35. The standard InChI is InChI=1S/C22H35N5O3/c1-4-17(3)24-20(28)10-11-23-22(30)27-14-12-26(13-15-27)16-21(29)25-19-9-7-6-8-18(19)5-2/h6-9,17H,4-5,10-16H2,1-3H3,(H,23,30)(H,24,28)(H,25,29). The van der Waals surface area contributed by atoms with Crippen LogP contribution in [0.1, 0.15) is 39.2 Å². The van der Waals surface area contributed by atoms with Crippen LogP contribution in [0.5, 0.6) is 0 Å². The van der Waals surface area contributed by atoms with Crippen molar-refractivity contribution in [3.8, 4) is 0 Å². The van der Waals surface area contributed by atoms with Crippen LogP contribution in [0.25, 0.3) is 0 Å². The SMILES string of the molecule is CCc1ccccc1NC(=O)CN1CCN(C(=O)NCCC(=O)NC(C)CC)CC1. The molecule has 1 aromatic carbocycles. The molecule has 0 aromatic heterocycles. The van der Waals surface area contributed by atoms with E-state index in [-0.39, 0.29) is 30.3 Å². The number of piperazine rings is 1. The second-order valence-electron chi connectivity index (χ2n) is 7.68. The summed E-state index contributed by atoms with van der Waals surface area (Å²) in [6.45, 7) is 9.07. The molecule has 8 heteroatoms. The van der Waals surface area contributed by atoms with E-state index in [4.69, 9.17) is 0 Å². The molecular weight excluding hydrogens is 382 g/mol. The Balaban J connectivity index is 1.67. The number of hydrogen-bond donors (Lipinski definition) is 3. The Morgan fingerprint density at radius 1 is 1.03 bits per heavy atom. The number of aryl methyl sites for hydroxylation is 1. The van der Waals surface area contributed by atoms with Gasteiger partial charge < -0.3 is 20.9 Å². The molecule has 4 amide bonds. The van der Waals surface area contributed by atoms with E-state index < -0.39 is 0 Å². The van der Waals surface area contributed by atoms with Gasteiger partial charge in [0.15, 0.2) is 0 Å². The Labute approximate surface area is 179 Å². The molecule has 1 aromatic rings.